The number of hydrogen-bond acceptors (Lipinski definition) is 6. The molecule has 30 heavy (non-hydrogen) atoms. The Labute approximate surface area is 181 Å². The molecule has 2 aliphatic heterocycles. The number of aliphatic imine (C=N–C) groups is 1. The summed E-state index contributed by atoms with van der Waals surface area (Å²) < 4.78 is 29.0. The molecular weight excluding hydrogens is 426 g/mol. The molecule has 0 bridgehead atoms. The van der Waals surface area contributed by atoms with Crippen LogP contribution in [0.3, 0.4) is 0 Å². The lowest BCUT2D eigenvalue weighted by Gasteiger charge is -2.23. The number of rotatable bonds is 4. The smallest absolute Gasteiger partial charge is 0.408 e. The number of alkyl carbamates (subject to hydrolysis) is 1. The van der Waals surface area contributed by atoms with Crippen LogP contribution in [0.15, 0.2) is 35.3 Å². The van der Waals surface area contributed by atoms with Gasteiger partial charge in [0.25, 0.3) is 5.91 Å². The highest BCUT2D eigenvalue weighted by molar-refractivity contribution is 8.15. The standard InChI is InChI=1S/C20H27N3O5S2/c1-20(2,3)28-19(25)21-14(10-13-8-6-5-7-9-13)17(24)22-18-23(4)15-11-30(26,27)12-16(15)29-18/h5-9,14-16H,10-12H2,1-4H3,(H,21,25). The van der Waals surface area contributed by atoms with E-state index in [1.165, 1.54) is 11.8 Å². The van der Waals surface area contributed by atoms with Crippen LogP contribution in [-0.2, 0) is 25.8 Å². The molecule has 2 saturated heterocycles. The number of amides is 2. The van der Waals surface area contributed by atoms with Gasteiger partial charge in [-0.15, -0.1) is 0 Å². The van der Waals surface area contributed by atoms with Gasteiger partial charge in [0.15, 0.2) is 15.0 Å². The van der Waals surface area contributed by atoms with Gasteiger partial charge in [-0.05, 0) is 26.3 Å². The Morgan fingerprint density at radius 1 is 1.27 bits per heavy atom. The fourth-order valence-corrected chi connectivity index (χ4v) is 7.41. The molecule has 2 aliphatic rings. The zero-order chi connectivity index (χ0) is 22.1. The van der Waals surface area contributed by atoms with E-state index in [1.807, 2.05) is 30.3 Å². The van der Waals surface area contributed by atoms with Crippen LogP contribution in [0.25, 0.3) is 0 Å². The van der Waals surface area contributed by atoms with Gasteiger partial charge in [-0.3, -0.25) is 4.79 Å². The molecule has 8 nitrogen and oxygen atoms in total. The molecule has 0 radical (unpaired) electrons. The molecule has 2 fully saturated rings. The first kappa shape index (κ1) is 22.6. The Bertz CT molecular complexity index is 941. The Hall–Kier alpha value is -2.07. The van der Waals surface area contributed by atoms with Gasteiger partial charge in [0.2, 0.25) is 0 Å². The van der Waals surface area contributed by atoms with Crippen molar-refractivity contribution in [1.29, 1.82) is 0 Å². The number of carbonyl (C=O) groups excluding carboxylic acids is 2. The number of ether oxygens (including phenoxy) is 1. The molecule has 0 saturated carbocycles. The number of hydrogen-bond donors (Lipinski definition) is 1. The summed E-state index contributed by atoms with van der Waals surface area (Å²) in [6, 6.07) is 8.26. The second kappa shape index (κ2) is 8.58. The number of benzene rings is 1. The van der Waals surface area contributed by atoms with E-state index in [0.717, 1.165) is 5.56 Å². The molecule has 164 valence electrons. The van der Waals surface area contributed by atoms with E-state index in [2.05, 4.69) is 10.3 Å². The van der Waals surface area contributed by atoms with Crippen molar-refractivity contribution in [3.63, 3.8) is 0 Å². The Morgan fingerprint density at radius 3 is 2.53 bits per heavy atom. The van der Waals surface area contributed by atoms with Crippen molar-refractivity contribution in [3.05, 3.63) is 35.9 Å². The second-order valence-corrected chi connectivity index (χ2v) is 11.9. The number of nitrogens with one attached hydrogen (secondary N) is 1. The molecule has 0 spiro atoms. The molecule has 3 rings (SSSR count). The minimum atomic E-state index is -3.06. The molecule has 1 N–H and O–H groups in total. The summed E-state index contributed by atoms with van der Waals surface area (Å²) in [5, 5.41) is 2.99. The van der Waals surface area contributed by atoms with Crippen molar-refractivity contribution in [2.45, 2.75) is 50.1 Å². The van der Waals surface area contributed by atoms with Crippen molar-refractivity contribution in [2.24, 2.45) is 4.99 Å². The molecule has 0 aliphatic carbocycles. The molecule has 3 atom stereocenters. The van der Waals surface area contributed by atoms with Crippen molar-refractivity contribution in [2.75, 3.05) is 18.6 Å². The first-order valence-electron chi connectivity index (χ1n) is 9.69. The number of nitrogens with zero attached hydrogens (tertiary/aromatic N) is 2. The Morgan fingerprint density at radius 2 is 1.93 bits per heavy atom. The predicted octanol–water partition coefficient (Wildman–Crippen LogP) is 1.85. The predicted molar refractivity (Wildman–Crippen MR) is 117 cm³/mol. The van der Waals surface area contributed by atoms with Crippen molar-refractivity contribution < 1.29 is 22.7 Å². The molecule has 1 aromatic rings. The van der Waals surface area contributed by atoms with Gasteiger partial charge >= 0.3 is 6.09 Å². The fraction of sp³-hybridized carbons (Fsp3) is 0.550. The number of amidine groups is 1. The van der Waals surface area contributed by atoms with Crippen LogP contribution in [0.2, 0.25) is 0 Å². The van der Waals surface area contributed by atoms with Crippen molar-refractivity contribution in [3.8, 4) is 0 Å². The van der Waals surface area contributed by atoms with Gasteiger partial charge < -0.3 is 15.0 Å². The molecule has 0 aromatic heterocycles. The van der Waals surface area contributed by atoms with Gasteiger partial charge in [-0.2, -0.15) is 4.99 Å². The van der Waals surface area contributed by atoms with E-state index in [0.29, 0.717) is 5.17 Å². The average molecular weight is 454 g/mol. The summed E-state index contributed by atoms with van der Waals surface area (Å²) >= 11 is 1.30. The molecule has 2 amide bonds. The van der Waals surface area contributed by atoms with E-state index < -0.39 is 33.5 Å². The minimum Gasteiger partial charge on any atom is -0.444 e. The third-order valence-corrected chi connectivity index (χ3v) is 8.11. The van der Waals surface area contributed by atoms with Crippen molar-refractivity contribution >= 4 is 38.8 Å². The molecule has 1 aromatic carbocycles. The molecule has 3 unspecified atom stereocenters. The normalized spacial score (nSPS) is 25.1. The fourth-order valence-electron chi connectivity index (χ4n) is 3.41. The lowest BCUT2D eigenvalue weighted by Crippen LogP contribution is -2.44. The molecular formula is C20H27N3O5S2. The molecule has 10 heteroatoms. The highest BCUT2D eigenvalue weighted by atomic mass is 32.2. The van der Waals surface area contributed by atoms with E-state index in [4.69, 9.17) is 4.74 Å². The van der Waals surface area contributed by atoms with Crippen LogP contribution >= 0.6 is 11.8 Å². The SMILES string of the molecule is CN1C(=NC(=O)C(Cc2ccccc2)NC(=O)OC(C)(C)C)SC2CS(=O)(=O)CC21. The maximum Gasteiger partial charge on any atom is 0.408 e. The van der Waals surface area contributed by atoms with Gasteiger partial charge in [-0.25, -0.2) is 13.2 Å². The third-order valence-electron chi connectivity index (χ3n) is 4.81. The third kappa shape index (κ3) is 5.75. The van der Waals surface area contributed by atoms with E-state index in [9.17, 15) is 18.0 Å². The highest BCUT2D eigenvalue weighted by Gasteiger charge is 2.47. The minimum absolute atomic E-state index is 0.0674. The summed E-state index contributed by atoms with van der Waals surface area (Å²) in [6.07, 6.45) is -0.418. The van der Waals surface area contributed by atoms with Gasteiger partial charge in [0.05, 0.1) is 17.5 Å². The summed E-state index contributed by atoms with van der Waals surface area (Å²) in [6.45, 7) is 5.24. The van der Waals surface area contributed by atoms with Crippen LogP contribution in [0.4, 0.5) is 4.79 Å². The number of fused-ring (bicyclic) bond motifs is 1. The van der Waals surface area contributed by atoms with Crippen LogP contribution in [-0.4, -0.2) is 72.0 Å². The lowest BCUT2D eigenvalue weighted by molar-refractivity contribution is -0.119. The largest absolute Gasteiger partial charge is 0.444 e. The van der Waals surface area contributed by atoms with Crippen LogP contribution in [0, 0.1) is 0 Å². The second-order valence-electron chi connectivity index (χ2n) is 8.53. The monoisotopic (exact) mass is 453 g/mol. The average Bonchev–Trinajstić information content (AvgIpc) is 3.06. The molecule has 2 heterocycles. The quantitative estimate of drug-likeness (QED) is 0.742. The van der Waals surface area contributed by atoms with Gasteiger partial charge in [-0.1, -0.05) is 42.1 Å². The summed E-state index contributed by atoms with van der Waals surface area (Å²) in [4.78, 5) is 31.3. The first-order valence-corrected chi connectivity index (χ1v) is 12.4. The summed E-state index contributed by atoms with van der Waals surface area (Å²) in [7, 11) is -1.31. The van der Waals surface area contributed by atoms with E-state index in [1.54, 1.807) is 32.7 Å². The number of thioether (sulfide) groups is 1. The Balaban J connectivity index is 1.76. The lowest BCUT2D eigenvalue weighted by atomic mass is 10.1. The van der Waals surface area contributed by atoms with Crippen LogP contribution in [0.5, 0.6) is 0 Å². The summed E-state index contributed by atoms with van der Waals surface area (Å²) in [5.41, 5.74) is 0.184. The van der Waals surface area contributed by atoms with E-state index in [-0.39, 0.29) is 29.2 Å². The van der Waals surface area contributed by atoms with Crippen LogP contribution < -0.4 is 5.32 Å². The van der Waals surface area contributed by atoms with Crippen LogP contribution in [0.1, 0.15) is 26.3 Å². The maximum atomic E-state index is 13.0. The zero-order valence-corrected chi connectivity index (χ0v) is 19.1. The topological polar surface area (TPSA) is 105 Å². The van der Waals surface area contributed by atoms with E-state index >= 15 is 0 Å². The van der Waals surface area contributed by atoms with Gasteiger partial charge in [0, 0.05) is 18.7 Å². The van der Waals surface area contributed by atoms with Crippen molar-refractivity contribution in [1.82, 2.24) is 10.2 Å². The Kier molecular flexibility index (Phi) is 6.47. The number of carbonyl (C=O) groups is 2. The van der Waals surface area contributed by atoms with Gasteiger partial charge in [0.1, 0.15) is 11.6 Å². The maximum absolute atomic E-state index is 13.0. The first-order chi connectivity index (χ1) is 13.9. The number of sulfone groups is 1. The zero-order valence-electron chi connectivity index (χ0n) is 17.5. The summed E-state index contributed by atoms with van der Waals surface area (Å²) in [5.74, 6) is -0.344. The highest BCUT2D eigenvalue weighted by Crippen LogP contribution is 2.37.